The van der Waals surface area contributed by atoms with E-state index in [0.29, 0.717) is 26.3 Å². The van der Waals surface area contributed by atoms with Crippen LogP contribution in [0.5, 0.6) is 0 Å². The fraction of sp³-hybridized carbons (Fsp3) is 0.483. The largest absolute Gasteiger partial charge is 0.444 e. The van der Waals surface area contributed by atoms with Crippen molar-refractivity contribution in [1.82, 2.24) is 24.8 Å². The smallest absolute Gasteiger partial charge is 0.410 e. The first-order valence-electron chi connectivity index (χ1n) is 13.7. The van der Waals surface area contributed by atoms with Gasteiger partial charge in [0, 0.05) is 78.9 Å². The highest BCUT2D eigenvalue weighted by molar-refractivity contribution is 7.19. The molecule has 0 atom stereocenters. The molecule has 0 aliphatic carbocycles. The van der Waals surface area contributed by atoms with E-state index in [9.17, 15) is 4.79 Å². The zero-order valence-corrected chi connectivity index (χ0v) is 23.9. The highest BCUT2D eigenvalue weighted by atomic mass is 32.1. The Morgan fingerprint density at radius 3 is 2.59 bits per heavy atom. The molecule has 4 aromatic rings. The van der Waals surface area contributed by atoms with Crippen molar-refractivity contribution in [3.8, 4) is 11.3 Å². The van der Waals surface area contributed by atoms with Crippen LogP contribution < -0.4 is 4.90 Å². The van der Waals surface area contributed by atoms with Crippen LogP contribution in [0.1, 0.15) is 31.2 Å². The predicted molar refractivity (Wildman–Crippen MR) is 156 cm³/mol. The van der Waals surface area contributed by atoms with Gasteiger partial charge in [0.25, 0.3) is 0 Å². The van der Waals surface area contributed by atoms with Crippen molar-refractivity contribution in [1.29, 1.82) is 0 Å². The Balaban J connectivity index is 1.34. The first-order chi connectivity index (χ1) is 18.8. The van der Waals surface area contributed by atoms with Gasteiger partial charge in [-0.15, -0.1) is 11.3 Å². The summed E-state index contributed by atoms with van der Waals surface area (Å²) < 4.78 is 12.3. The van der Waals surface area contributed by atoms with Crippen LogP contribution in [0, 0.1) is 6.92 Å². The number of anilines is 1. The van der Waals surface area contributed by atoms with Gasteiger partial charge in [0.1, 0.15) is 5.60 Å². The van der Waals surface area contributed by atoms with Crippen LogP contribution in [0.3, 0.4) is 0 Å². The minimum atomic E-state index is -0.485. The second-order valence-corrected chi connectivity index (χ2v) is 12.5. The molecule has 1 amide bonds. The molecule has 0 saturated carbocycles. The van der Waals surface area contributed by atoms with Gasteiger partial charge in [0.2, 0.25) is 5.95 Å². The number of benzene rings is 1. The number of carbonyl (C=O) groups is 1. The van der Waals surface area contributed by atoms with Crippen LogP contribution in [0.15, 0.2) is 30.5 Å². The van der Waals surface area contributed by atoms with Gasteiger partial charge in [-0.3, -0.25) is 4.90 Å². The van der Waals surface area contributed by atoms with Crippen molar-refractivity contribution in [2.45, 2.75) is 39.8 Å². The van der Waals surface area contributed by atoms with Crippen molar-refractivity contribution in [2.75, 3.05) is 57.4 Å². The molecule has 9 nitrogen and oxygen atoms in total. The van der Waals surface area contributed by atoms with Crippen molar-refractivity contribution >= 4 is 44.5 Å². The third kappa shape index (κ3) is 5.33. The molecule has 0 bridgehead atoms. The molecule has 2 aliphatic heterocycles. The van der Waals surface area contributed by atoms with Crippen molar-refractivity contribution in [3.05, 3.63) is 40.9 Å². The number of thiophene rings is 1. The number of aryl methyl sites for hydroxylation is 1. The number of aromatic nitrogens is 3. The van der Waals surface area contributed by atoms with Gasteiger partial charge < -0.3 is 24.3 Å². The maximum Gasteiger partial charge on any atom is 0.410 e. The van der Waals surface area contributed by atoms with Crippen LogP contribution in [0.25, 0.3) is 32.4 Å². The molecule has 3 aromatic heterocycles. The van der Waals surface area contributed by atoms with Crippen LogP contribution in [-0.2, 0) is 16.0 Å². The van der Waals surface area contributed by atoms with E-state index >= 15 is 0 Å². The van der Waals surface area contributed by atoms with Crippen molar-refractivity contribution < 1.29 is 14.3 Å². The Labute approximate surface area is 232 Å². The van der Waals surface area contributed by atoms with Gasteiger partial charge in [0.15, 0.2) is 0 Å². The van der Waals surface area contributed by atoms with Gasteiger partial charge in [0.05, 0.1) is 29.1 Å². The van der Waals surface area contributed by atoms with E-state index in [1.807, 2.05) is 31.9 Å². The summed E-state index contributed by atoms with van der Waals surface area (Å²) in [5.74, 6) is 0.766. The van der Waals surface area contributed by atoms with Gasteiger partial charge in [-0.1, -0.05) is 12.1 Å². The number of rotatable bonds is 4. The number of morpholine rings is 1. The zero-order valence-electron chi connectivity index (χ0n) is 23.1. The molecular formula is C29H36N6O3S. The first kappa shape index (κ1) is 26.0. The minimum absolute atomic E-state index is 0.231. The van der Waals surface area contributed by atoms with E-state index in [-0.39, 0.29) is 6.09 Å². The number of piperazine rings is 1. The molecular weight excluding hydrogens is 512 g/mol. The molecule has 39 heavy (non-hydrogen) atoms. The normalized spacial score (nSPS) is 17.3. The van der Waals surface area contributed by atoms with Gasteiger partial charge in [-0.2, -0.15) is 0 Å². The fourth-order valence-electron chi connectivity index (χ4n) is 5.33. The summed E-state index contributed by atoms with van der Waals surface area (Å²) in [6.07, 6.45) is 1.75. The number of ether oxygens (including phenoxy) is 2. The minimum Gasteiger partial charge on any atom is -0.444 e. The second kappa shape index (κ2) is 10.4. The van der Waals surface area contributed by atoms with Gasteiger partial charge in [-0.25, -0.2) is 14.8 Å². The zero-order chi connectivity index (χ0) is 27.1. The quantitative estimate of drug-likeness (QED) is 0.382. The molecule has 1 aromatic carbocycles. The van der Waals surface area contributed by atoms with E-state index in [1.54, 1.807) is 11.3 Å². The second-order valence-electron chi connectivity index (χ2n) is 11.3. The van der Waals surface area contributed by atoms with Crippen molar-refractivity contribution in [2.24, 2.45) is 0 Å². The molecule has 2 fully saturated rings. The van der Waals surface area contributed by atoms with Crippen LogP contribution in [0.4, 0.5) is 10.7 Å². The summed E-state index contributed by atoms with van der Waals surface area (Å²) in [7, 11) is 0. The Morgan fingerprint density at radius 1 is 1.08 bits per heavy atom. The highest BCUT2D eigenvalue weighted by Gasteiger charge is 2.28. The van der Waals surface area contributed by atoms with Gasteiger partial charge >= 0.3 is 6.09 Å². The van der Waals surface area contributed by atoms with Crippen LogP contribution in [0.2, 0.25) is 0 Å². The third-order valence-corrected chi connectivity index (χ3v) is 8.51. The lowest BCUT2D eigenvalue weighted by Crippen LogP contribution is -2.49. The molecule has 2 aliphatic rings. The molecule has 0 radical (unpaired) electrons. The van der Waals surface area contributed by atoms with Crippen molar-refractivity contribution in [3.63, 3.8) is 0 Å². The maximum absolute atomic E-state index is 12.6. The summed E-state index contributed by atoms with van der Waals surface area (Å²) in [6.45, 7) is 14.5. The molecule has 206 valence electrons. The first-order valence-corrected chi connectivity index (χ1v) is 14.5. The number of carbonyl (C=O) groups excluding carboxylic acids is 1. The van der Waals surface area contributed by atoms with Crippen LogP contribution in [-0.4, -0.2) is 88.9 Å². The van der Waals surface area contributed by atoms with Gasteiger partial charge in [-0.05, 0) is 39.8 Å². The summed E-state index contributed by atoms with van der Waals surface area (Å²) in [6, 6.07) is 8.47. The molecule has 1 N–H and O–H groups in total. The number of nitrogens with one attached hydrogen (secondary N) is 1. The number of H-pyrrole nitrogens is 1. The molecule has 2 saturated heterocycles. The molecule has 0 unspecified atom stereocenters. The molecule has 0 spiro atoms. The SMILES string of the molecule is Cc1sc2c(-c3cccc4[nH]ccc34)nc(N3CCOCC3)nc2c1CN1CCN(C(=O)OC(C)(C)C)CC1. The lowest BCUT2D eigenvalue weighted by molar-refractivity contribution is 0.0139. The average Bonchev–Trinajstić information content (AvgIpc) is 3.52. The summed E-state index contributed by atoms with van der Waals surface area (Å²) >= 11 is 1.78. The summed E-state index contributed by atoms with van der Waals surface area (Å²) in [5, 5.41) is 1.16. The maximum atomic E-state index is 12.6. The number of nitrogens with zero attached hydrogens (tertiary/aromatic N) is 5. The standard InChI is InChI=1S/C29H36N6O3S/c1-19-22(18-33-10-12-35(13-11-33)28(36)38-29(2,3)4)25-26(39-19)24(21-6-5-7-23-20(21)8-9-30-23)31-27(32-25)34-14-16-37-17-15-34/h5-9,30H,10-18H2,1-4H3. The third-order valence-electron chi connectivity index (χ3n) is 7.37. The lowest BCUT2D eigenvalue weighted by Gasteiger charge is -2.35. The Morgan fingerprint density at radius 2 is 1.85 bits per heavy atom. The number of amides is 1. The van der Waals surface area contributed by atoms with E-state index < -0.39 is 5.60 Å². The predicted octanol–water partition coefficient (Wildman–Crippen LogP) is 5.04. The summed E-state index contributed by atoms with van der Waals surface area (Å²) in [5.41, 5.74) is 5.01. The Bertz CT molecular complexity index is 1490. The number of aromatic amines is 1. The summed E-state index contributed by atoms with van der Waals surface area (Å²) in [4.78, 5) is 34.0. The Kier molecular flexibility index (Phi) is 6.95. The number of hydrogen-bond donors (Lipinski definition) is 1. The van der Waals surface area contributed by atoms with Crippen LogP contribution >= 0.6 is 11.3 Å². The molecule has 6 rings (SSSR count). The lowest BCUT2D eigenvalue weighted by atomic mass is 10.1. The van der Waals surface area contributed by atoms with E-state index in [0.717, 1.165) is 71.0 Å². The molecule has 5 heterocycles. The Hall–Kier alpha value is -3.21. The molecule has 10 heteroatoms. The van der Waals surface area contributed by atoms with E-state index in [4.69, 9.17) is 19.4 Å². The monoisotopic (exact) mass is 548 g/mol. The fourth-order valence-corrected chi connectivity index (χ4v) is 6.43. The topological polar surface area (TPSA) is 86.8 Å². The number of hydrogen-bond acceptors (Lipinski definition) is 8. The number of fused-ring (bicyclic) bond motifs is 2. The highest BCUT2D eigenvalue weighted by Crippen LogP contribution is 2.40. The average molecular weight is 549 g/mol. The van der Waals surface area contributed by atoms with E-state index in [2.05, 4.69) is 46.0 Å². The van der Waals surface area contributed by atoms with E-state index in [1.165, 1.54) is 10.4 Å².